The molecule has 2 aliphatic carbocycles. The summed E-state index contributed by atoms with van der Waals surface area (Å²) in [6, 6.07) is 2.19. The van der Waals surface area contributed by atoms with Crippen molar-refractivity contribution in [2.75, 3.05) is 36.5 Å². The average molecular weight is 397 g/mol. The topological polar surface area (TPSA) is 58.0 Å². The van der Waals surface area contributed by atoms with Crippen molar-refractivity contribution in [3.8, 4) is 0 Å². The standard InChI is InChI=1S/C22H29FN6/c1-28(22-20(23)21(17-5-6-17)26-14-27-22)12-15-7-9-29(10-8-15)19-11-18(24-13-25-19)16-3-2-4-16/h11,13-17H,2-10,12H2,1H3. The Morgan fingerprint density at radius 2 is 1.72 bits per heavy atom. The van der Waals surface area contributed by atoms with Crippen LogP contribution in [0.3, 0.4) is 0 Å². The Balaban J connectivity index is 1.19. The van der Waals surface area contributed by atoms with Crippen LogP contribution in [0.1, 0.15) is 68.2 Å². The van der Waals surface area contributed by atoms with E-state index in [1.165, 1.54) is 31.3 Å². The maximum atomic E-state index is 14.8. The summed E-state index contributed by atoms with van der Waals surface area (Å²) in [5.41, 5.74) is 1.80. The van der Waals surface area contributed by atoms with E-state index < -0.39 is 0 Å². The van der Waals surface area contributed by atoms with Gasteiger partial charge in [0.05, 0.1) is 5.69 Å². The van der Waals surface area contributed by atoms with Gasteiger partial charge in [-0.25, -0.2) is 24.3 Å². The zero-order valence-corrected chi connectivity index (χ0v) is 17.1. The molecular formula is C22H29FN6. The Kier molecular flexibility index (Phi) is 5.06. The van der Waals surface area contributed by atoms with E-state index in [0.717, 1.165) is 51.1 Å². The second-order valence-corrected chi connectivity index (χ2v) is 8.91. The molecule has 0 atom stereocenters. The van der Waals surface area contributed by atoms with E-state index in [4.69, 9.17) is 0 Å². The number of rotatable bonds is 6. The second kappa shape index (κ2) is 7.84. The van der Waals surface area contributed by atoms with E-state index in [0.29, 0.717) is 29.3 Å². The van der Waals surface area contributed by atoms with Gasteiger partial charge in [-0.15, -0.1) is 0 Å². The monoisotopic (exact) mass is 396 g/mol. The molecule has 2 aromatic heterocycles. The molecule has 5 rings (SSSR count). The van der Waals surface area contributed by atoms with Crippen LogP contribution in [0, 0.1) is 11.7 Å². The Morgan fingerprint density at radius 1 is 0.966 bits per heavy atom. The maximum absolute atomic E-state index is 14.8. The SMILES string of the molecule is CN(CC1CCN(c2cc(C3CCC3)ncn2)CC1)c1ncnc(C2CC2)c1F. The highest BCUT2D eigenvalue weighted by atomic mass is 19.1. The van der Waals surface area contributed by atoms with E-state index in [9.17, 15) is 4.39 Å². The summed E-state index contributed by atoms with van der Waals surface area (Å²) in [6.45, 7) is 2.79. The van der Waals surface area contributed by atoms with Crippen LogP contribution in [0.4, 0.5) is 16.0 Å². The van der Waals surface area contributed by atoms with Gasteiger partial charge in [0.2, 0.25) is 0 Å². The van der Waals surface area contributed by atoms with E-state index in [1.807, 2.05) is 11.9 Å². The van der Waals surface area contributed by atoms with Crippen LogP contribution in [-0.4, -0.2) is 46.6 Å². The summed E-state index contributed by atoms with van der Waals surface area (Å²) >= 11 is 0. The molecule has 0 radical (unpaired) electrons. The van der Waals surface area contributed by atoms with Crippen molar-refractivity contribution in [1.82, 2.24) is 19.9 Å². The molecular weight excluding hydrogens is 367 g/mol. The lowest BCUT2D eigenvalue weighted by molar-refractivity contribution is 0.401. The van der Waals surface area contributed by atoms with E-state index in [2.05, 4.69) is 30.9 Å². The van der Waals surface area contributed by atoms with Gasteiger partial charge in [0.25, 0.3) is 0 Å². The van der Waals surface area contributed by atoms with Crippen molar-refractivity contribution in [1.29, 1.82) is 0 Å². The fourth-order valence-electron chi connectivity index (χ4n) is 4.56. The Bertz CT molecular complexity index is 858. The van der Waals surface area contributed by atoms with Crippen molar-refractivity contribution in [2.24, 2.45) is 5.92 Å². The Morgan fingerprint density at radius 3 is 2.41 bits per heavy atom. The number of piperidine rings is 1. The smallest absolute Gasteiger partial charge is 0.187 e. The number of anilines is 2. The molecule has 3 aliphatic rings. The quantitative estimate of drug-likeness (QED) is 0.738. The van der Waals surface area contributed by atoms with Crippen molar-refractivity contribution < 1.29 is 4.39 Å². The molecule has 6 nitrogen and oxygen atoms in total. The molecule has 2 saturated carbocycles. The largest absolute Gasteiger partial charge is 0.357 e. The molecule has 0 unspecified atom stereocenters. The van der Waals surface area contributed by atoms with Crippen LogP contribution in [0.25, 0.3) is 0 Å². The zero-order valence-electron chi connectivity index (χ0n) is 17.1. The summed E-state index contributed by atoms with van der Waals surface area (Å²) in [5.74, 6) is 2.74. The first-order chi connectivity index (χ1) is 14.2. The number of hydrogen-bond donors (Lipinski definition) is 0. The van der Waals surface area contributed by atoms with Crippen LogP contribution in [-0.2, 0) is 0 Å². The molecule has 0 amide bonds. The minimum atomic E-state index is -0.223. The minimum absolute atomic E-state index is 0.223. The Labute approximate surface area is 171 Å². The van der Waals surface area contributed by atoms with Gasteiger partial charge < -0.3 is 9.80 Å². The van der Waals surface area contributed by atoms with Crippen LogP contribution in [0.5, 0.6) is 0 Å². The molecule has 154 valence electrons. The van der Waals surface area contributed by atoms with Crippen molar-refractivity contribution in [3.63, 3.8) is 0 Å². The van der Waals surface area contributed by atoms with Crippen LogP contribution < -0.4 is 9.80 Å². The van der Waals surface area contributed by atoms with Crippen LogP contribution >= 0.6 is 0 Å². The summed E-state index contributed by atoms with van der Waals surface area (Å²) < 4.78 is 14.8. The highest BCUT2D eigenvalue weighted by Crippen LogP contribution is 2.41. The number of halogens is 1. The van der Waals surface area contributed by atoms with Crippen molar-refractivity contribution >= 4 is 11.6 Å². The summed E-state index contributed by atoms with van der Waals surface area (Å²) in [5, 5.41) is 0. The highest BCUT2D eigenvalue weighted by molar-refractivity contribution is 5.43. The molecule has 0 aromatic carbocycles. The van der Waals surface area contributed by atoms with E-state index in [-0.39, 0.29) is 5.82 Å². The molecule has 29 heavy (non-hydrogen) atoms. The molecule has 7 heteroatoms. The fraction of sp³-hybridized carbons (Fsp3) is 0.636. The van der Waals surface area contributed by atoms with Gasteiger partial charge in [0, 0.05) is 50.3 Å². The maximum Gasteiger partial charge on any atom is 0.187 e. The summed E-state index contributed by atoms with van der Waals surface area (Å²) in [6.07, 6.45) is 11.3. The average Bonchev–Trinajstić information content (AvgIpc) is 3.53. The van der Waals surface area contributed by atoms with Gasteiger partial charge in [-0.1, -0.05) is 6.42 Å². The van der Waals surface area contributed by atoms with E-state index in [1.54, 1.807) is 6.33 Å². The lowest BCUT2D eigenvalue weighted by atomic mass is 9.83. The third-order valence-electron chi connectivity index (χ3n) is 6.79. The van der Waals surface area contributed by atoms with Gasteiger partial charge in [-0.2, -0.15) is 0 Å². The first kappa shape index (κ1) is 18.7. The van der Waals surface area contributed by atoms with Gasteiger partial charge in [0.15, 0.2) is 11.6 Å². The molecule has 1 aliphatic heterocycles. The minimum Gasteiger partial charge on any atom is -0.357 e. The number of nitrogens with zero attached hydrogens (tertiary/aromatic N) is 6. The molecule has 2 aromatic rings. The Hall–Kier alpha value is -2.31. The normalized spacial score (nSPS) is 20.6. The van der Waals surface area contributed by atoms with Gasteiger partial charge in [-0.05, 0) is 44.4 Å². The van der Waals surface area contributed by atoms with Crippen LogP contribution in [0.2, 0.25) is 0 Å². The third kappa shape index (κ3) is 3.91. The second-order valence-electron chi connectivity index (χ2n) is 8.91. The van der Waals surface area contributed by atoms with E-state index >= 15 is 0 Å². The van der Waals surface area contributed by atoms with Gasteiger partial charge in [0.1, 0.15) is 18.5 Å². The number of aromatic nitrogens is 4. The predicted molar refractivity (Wildman–Crippen MR) is 111 cm³/mol. The van der Waals surface area contributed by atoms with Crippen molar-refractivity contribution in [2.45, 2.75) is 56.8 Å². The number of hydrogen-bond acceptors (Lipinski definition) is 6. The fourth-order valence-corrected chi connectivity index (χ4v) is 4.56. The molecule has 0 spiro atoms. The molecule has 0 N–H and O–H groups in total. The molecule has 1 saturated heterocycles. The van der Waals surface area contributed by atoms with Crippen molar-refractivity contribution in [3.05, 3.63) is 35.9 Å². The van der Waals surface area contributed by atoms with Gasteiger partial charge >= 0.3 is 0 Å². The molecule has 0 bridgehead atoms. The summed E-state index contributed by atoms with van der Waals surface area (Å²) in [7, 11) is 1.95. The third-order valence-corrected chi connectivity index (χ3v) is 6.79. The van der Waals surface area contributed by atoms with Crippen LogP contribution in [0.15, 0.2) is 18.7 Å². The lowest BCUT2D eigenvalue weighted by Gasteiger charge is -2.35. The zero-order chi connectivity index (χ0) is 19.8. The molecule has 3 heterocycles. The predicted octanol–water partition coefficient (Wildman–Crippen LogP) is 3.90. The lowest BCUT2D eigenvalue weighted by Crippen LogP contribution is -2.38. The summed E-state index contributed by atoms with van der Waals surface area (Å²) in [4.78, 5) is 21.8. The first-order valence-corrected chi connectivity index (χ1v) is 11.0. The molecule has 3 fully saturated rings. The highest BCUT2D eigenvalue weighted by Gasteiger charge is 2.31. The van der Waals surface area contributed by atoms with Gasteiger partial charge in [-0.3, -0.25) is 0 Å². The first-order valence-electron chi connectivity index (χ1n) is 11.0.